The van der Waals surface area contributed by atoms with Crippen molar-refractivity contribution < 1.29 is 9.53 Å². The Balaban J connectivity index is 1.40. The second-order valence-corrected chi connectivity index (χ2v) is 7.61. The summed E-state index contributed by atoms with van der Waals surface area (Å²) in [6.45, 7) is 1.45. The van der Waals surface area contributed by atoms with Crippen molar-refractivity contribution in [3.63, 3.8) is 0 Å². The van der Waals surface area contributed by atoms with Crippen LogP contribution in [0.1, 0.15) is 54.5 Å². The van der Waals surface area contributed by atoms with Gasteiger partial charge in [0.2, 0.25) is 5.91 Å². The van der Waals surface area contributed by atoms with Crippen LogP contribution in [0, 0.1) is 0 Å². The van der Waals surface area contributed by atoms with Crippen LogP contribution in [0.25, 0.3) is 0 Å². The lowest BCUT2D eigenvalue weighted by atomic mass is 9.88. The van der Waals surface area contributed by atoms with E-state index in [9.17, 15) is 4.79 Å². The van der Waals surface area contributed by atoms with Gasteiger partial charge in [0.25, 0.3) is 0 Å². The molecule has 0 unspecified atom stereocenters. The molecule has 0 radical (unpaired) electrons. The quantitative estimate of drug-likeness (QED) is 0.871. The first kappa shape index (κ1) is 18.1. The lowest BCUT2D eigenvalue weighted by Crippen LogP contribution is -2.39. The first-order valence-corrected chi connectivity index (χ1v) is 10.00. The molecule has 1 N–H and O–H groups in total. The van der Waals surface area contributed by atoms with E-state index in [1.54, 1.807) is 7.11 Å². The molecule has 1 fully saturated rings. The molecule has 1 saturated heterocycles. The summed E-state index contributed by atoms with van der Waals surface area (Å²) in [7, 11) is 1.69. The smallest absolute Gasteiger partial charge is 0.234 e. The van der Waals surface area contributed by atoms with Crippen LogP contribution in [0.4, 0.5) is 0 Å². The molecule has 142 valence electrons. The van der Waals surface area contributed by atoms with Gasteiger partial charge in [0, 0.05) is 6.04 Å². The zero-order valence-electron chi connectivity index (χ0n) is 16.0. The molecule has 0 saturated carbocycles. The molecule has 1 amide bonds. The number of ether oxygens (including phenoxy) is 1. The van der Waals surface area contributed by atoms with Crippen molar-refractivity contribution in [3.05, 3.63) is 65.2 Å². The summed E-state index contributed by atoms with van der Waals surface area (Å²) in [6, 6.07) is 17.2. The molecule has 4 rings (SSSR count). The number of hydrogen-bond donors (Lipinski definition) is 1. The number of nitrogens with zero attached hydrogens (tertiary/aromatic N) is 1. The number of aryl methyl sites for hydroxylation is 1. The van der Waals surface area contributed by atoms with Gasteiger partial charge >= 0.3 is 0 Å². The number of rotatable bonds is 5. The Hall–Kier alpha value is -2.33. The van der Waals surface area contributed by atoms with Crippen molar-refractivity contribution in [2.75, 3.05) is 20.2 Å². The predicted molar refractivity (Wildman–Crippen MR) is 107 cm³/mol. The van der Waals surface area contributed by atoms with E-state index < -0.39 is 0 Å². The molecule has 2 aromatic carbocycles. The standard InChI is InChI=1S/C23H28N2O2/c1-27-19-13-11-18(12-14-19)22-10-5-15-25(22)16-23(26)24-21-9-4-7-17-6-2-3-8-20(17)21/h2-3,6,8,11-14,21-22H,4-5,7,9-10,15-16H2,1H3,(H,24,26)/t21-,22+/m0/s1. The minimum absolute atomic E-state index is 0.136. The molecular formula is C23H28N2O2. The van der Waals surface area contributed by atoms with Crippen LogP contribution in [0.3, 0.4) is 0 Å². The maximum Gasteiger partial charge on any atom is 0.234 e. The third-order valence-corrected chi connectivity index (χ3v) is 5.92. The van der Waals surface area contributed by atoms with Gasteiger partial charge in [0.15, 0.2) is 0 Å². The molecule has 2 aliphatic rings. The number of hydrogen-bond acceptors (Lipinski definition) is 3. The van der Waals surface area contributed by atoms with E-state index in [1.807, 2.05) is 12.1 Å². The second kappa shape index (κ2) is 8.13. The number of carbonyl (C=O) groups excluding carboxylic acids is 1. The van der Waals surface area contributed by atoms with Crippen LogP contribution in [0.2, 0.25) is 0 Å². The molecule has 27 heavy (non-hydrogen) atoms. The molecule has 1 heterocycles. The Kier molecular flexibility index (Phi) is 5.44. The first-order chi connectivity index (χ1) is 13.2. The topological polar surface area (TPSA) is 41.6 Å². The zero-order valence-corrected chi connectivity index (χ0v) is 16.0. The number of nitrogens with one attached hydrogen (secondary N) is 1. The summed E-state index contributed by atoms with van der Waals surface area (Å²) in [6.07, 6.45) is 5.53. The molecule has 2 atom stereocenters. The maximum absolute atomic E-state index is 12.8. The predicted octanol–water partition coefficient (Wildman–Crippen LogP) is 4.03. The molecule has 4 nitrogen and oxygen atoms in total. The minimum atomic E-state index is 0.136. The fraction of sp³-hybridized carbons (Fsp3) is 0.435. The molecule has 0 spiro atoms. The maximum atomic E-state index is 12.8. The number of carbonyl (C=O) groups is 1. The summed E-state index contributed by atoms with van der Waals surface area (Å²) in [5.41, 5.74) is 3.95. The normalized spacial score (nSPS) is 22.3. The van der Waals surface area contributed by atoms with E-state index >= 15 is 0 Å². The Morgan fingerprint density at radius 3 is 2.74 bits per heavy atom. The van der Waals surface area contributed by atoms with Crippen LogP contribution in [-0.4, -0.2) is 31.0 Å². The minimum Gasteiger partial charge on any atom is -0.497 e. The van der Waals surface area contributed by atoms with E-state index in [1.165, 1.54) is 16.7 Å². The van der Waals surface area contributed by atoms with Gasteiger partial charge in [0.05, 0.1) is 19.7 Å². The van der Waals surface area contributed by atoms with Gasteiger partial charge in [0.1, 0.15) is 5.75 Å². The highest BCUT2D eigenvalue weighted by Gasteiger charge is 2.29. The largest absolute Gasteiger partial charge is 0.497 e. The van der Waals surface area contributed by atoms with Gasteiger partial charge in [-0.05, 0) is 67.5 Å². The Labute approximate surface area is 161 Å². The van der Waals surface area contributed by atoms with E-state index in [-0.39, 0.29) is 11.9 Å². The van der Waals surface area contributed by atoms with E-state index in [0.29, 0.717) is 12.6 Å². The highest BCUT2D eigenvalue weighted by molar-refractivity contribution is 5.78. The molecule has 4 heteroatoms. The van der Waals surface area contributed by atoms with Gasteiger partial charge in [-0.1, -0.05) is 36.4 Å². The lowest BCUT2D eigenvalue weighted by Gasteiger charge is -2.29. The van der Waals surface area contributed by atoms with Crippen LogP contribution in [0.5, 0.6) is 5.75 Å². The van der Waals surface area contributed by atoms with Crippen molar-refractivity contribution in [3.8, 4) is 5.75 Å². The monoisotopic (exact) mass is 364 g/mol. The van der Waals surface area contributed by atoms with Crippen LogP contribution in [-0.2, 0) is 11.2 Å². The van der Waals surface area contributed by atoms with Crippen molar-refractivity contribution >= 4 is 5.91 Å². The van der Waals surface area contributed by atoms with Crippen LogP contribution < -0.4 is 10.1 Å². The number of likely N-dealkylation sites (tertiary alicyclic amines) is 1. The third-order valence-electron chi connectivity index (χ3n) is 5.92. The Bertz CT molecular complexity index is 787. The van der Waals surface area contributed by atoms with Gasteiger partial charge < -0.3 is 10.1 Å². The number of methoxy groups -OCH3 is 1. The first-order valence-electron chi connectivity index (χ1n) is 10.00. The van der Waals surface area contributed by atoms with Crippen LogP contribution in [0.15, 0.2) is 48.5 Å². The van der Waals surface area contributed by atoms with Crippen molar-refractivity contribution in [2.45, 2.75) is 44.2 Å². The van der Waals surface area contributed by atoms with E-state index in [0.717, 1.165) is 44.4 Å². The molecule has 1 aliphatic heterocycles. The molecule has 1 aliphatic carbocycles. The van der Waals surface area contributed by atoms with E-state index in [4.69, 9.17) is 4.74 Å². The van der Waals surface area contributed by atoms with Crippen LogP contribution >= 0.6 is 0 Å². The number of fused-ring (bicyclic) bond motifs is 1. The fourth-order valence-corrected chi connectivity index (χ4v) is 4.55. The van der Waals surface area contributed by atoms with Crippen molar-refractivity contribution in [1.29, 1.82) is 0 Å². The van der Waals surface area contributed by atoms with Crippen molar-refractivity contribution in [1.82, 2.24) is 10.2 Å². The molecule has 2 aromatic rings. The number of benzene rings is 2. The van der Waals surface area contributed by atoms with E-state index in [2.05, 4.69) is 46.6 Å². The summed E-state index contributed by atoms with van der Waals surface area (Å²) >= 11 is 0. The van der Waals surface area contributed by atoms with Gasteiger partial charge in [-0.15, -0.1) is 0 Å². The zero-order chi connectivity index (χ0) is 18.6. The average molecular weight is 364 g/mol. The highest BCUT2D eigenvalue weighted by atomic mass is 16.5. The summed E-state index contributed by atoms with van der Waals surface area (Å²) in [5.74, 6) is 1.01. The summed E-state index contributed by atoms with van der Waals surface area (Å²) in [4.78, 5) is 15.1. The lowest BCUT2D eigenvalue weighted by molar-refractivity contribution is -0.123. The van der Waals surface area contributed by atoms with Crippen molar-refractivity contribution in [2.24, 2.45) is 0 Å². The SMILES string of the molecule is COc1ccc([C@H]2CCCN2CC(=O)N[C@H]2CCCc3ccccc32)cc1. The Morgan fingerprint density at radius 1 is 1.11 bits per heavy atom. The fourth-order valence-electron chi connectivity index (χ4n) is 4.55. The third kappa shape index (κ3) is 4.01. The highest BCUT2D eigenvalue weighted by Crippen LogP contribution is 2.33. The Morgan fingerprint density at radius 2 is 1.93 bits per heavy atom. The molecule has 0 bridgehead atoms. The molecule has 0 aromatic heterocycles. The average Bonchev–Trinajstić information content (AvgIpc) is 3.16. The summed E-state index contributed by atoms with van der Waals surface area (Å²) in [5, 5.41) is 3.29. The number of amides is 1. The second-order valence-electron chi connectivity index (χ2n) is 7.61. The van der Waals surface area contributed by atoms with Gasteiger partial charge in [-0.2, -0.15) is 0 Å². The summed E-state index contributed by atoms with van der Waals surface area (Å²) < 4.78 is 5.26. The molecular weight excluding hydrogens is 336 g/mol. The van der Waals surface area contributed by atoms with Gasteiger partial charge in [-0.3, -0.25) is 9.69 Å². The van der Waals surface area contributed by atoms with Gasteiger partial charge in [-0.25, -0.2) is 0 Å².